The van der Waals surface area contributed by atoms with Gasteiger partial charge in [-0.25, -0.2) is 0 Å². The summed E-state index contributed by atoms with van der Waals surface area (Å²) in [6, 6.07) is 0. The van der Waals surface area contributed by atoms with Crippen LogP contribution in [0, 0.1) is 11.3 Å². The van der Waals surface area contributed by atoms with Gasteiger partial charge in [-0.2, -0.15) is 0 Å². The van der Waals surface area contributed by atoms with Crippen LogP contribution in [0.2, 0.25) is 0 Å². The Kier molecular flexibility index (Phi) is 5.44. The lowest BCUT2D eigenvalue weighted by atomic mass is 9.71. The first-order chi connectivity index (χ1) is 7.93. The van der Waals surface area contributed by atoms with Crippen molar-refractivity contribution in [3.8, 4) is 0 Å². The Labute approximate surface area is 105 Å². The standard InChI is InChI=1S/C14H27NO2/c1-11-8-12(10-14(2,3)9-11)17-13(16)6-5-7-15-4/h11-12,15H,5-10H2,1-4H3. The summed E-state index contributed by atoms with van der Waals surface area (Å²) in [5, 5.41) is 3.04. The molecule has 0 amide bonds. The SMILES string of the molecule is CNCCCC(=O)OC1CC(C)CC(C)(C)C1. The maximum atomic E-state index is 11.7. The van der Waals surface area contributed by atoms with Crippen LogP contribution in [-0.2, 0) is 9.53 Å². The van der Waals surface area contributed by atoms with Crippen LogP contribution in [0.15, 0.2) is 0 Å². The number of nitrogens with one attached hydrogen (secondary N) is 1. The molecule has 2 unspecified atom stereocenters. The third-order valence-electron chi connectivity index (χ3n) is 3.45. The minimum atomic E-state index is -0.0323. The van der Waals surface area contributed by atoms with Gasteiger partial charge < -0.3 is 10.1 Å². The van der Waals surface area contributed by atoms with E-state index in [1.807, 2.05) is 7.05 Å². The molecule has 0 saturated heterocycles. The third kappa shape index (κ3) is 5.53. The lowest BCUT2D eigenvalue weighted by Crippen LogP contribution is -2.34. The van der Waals surface area contributed by atoms with Crippen LogP contribution in [0.5, 0.6) is 0 Å². The van der Waals surface area contributed by atoms with Gasteiger partial charge in [0.1, 0.15) is 6.10 Å². The fourth-order valence-corrected chi connectivity index (χ4v) is 3.00. The molecule has 0 radical (unpaired) electrons. The van der Waals surface area contributed by atoms with Crippen molar-refractivity contribution in [2.75, 3.05) is 13.6 Å². The van der Waals surface area contributed by atoms with Crippen molar-refractivity contribution < 1.29 is 9.53 Å². The molecule has 2 atom stereocenters. The van der Waals surface area contributed by atoms with Gasteiger partial charge in [0.2, 0.25) is 0 Å². The average molecular weight is 241 g/mol. The van der Waals surface area contributed by atoms with Gasteiger partial charge in [-0.15, -0.1) is 0 Å². The first-order valence-corrected chi connectivity index (χ1v) is 6.77. The van der Waals surface area contributed by atoms with Gasteiger partial charge in [-0.05, 0) is 50.6 Å². The molecule has 3 nitrogen and oxygen atoms in total. The third-order valence-corrected chi connectivity index (χ3v) is 3.45. The quantitative estimate of drug-likeness (QED) is 0.594. The van der Waals surface area contributed by atoms with Crippen molar-refractivity contribution in [1.29, 1.82) is 0 Å². The van der Waals surface area contributed by atoms with Gasteiger partial charge in [-0.3, -0.25) is 4.79 Å². The summed E-state index contributed by atoms with van der Waals surface area (Å²) in [5.74, 6) is 0.629. The van der Waals surface area contributed by atoms with Crippen molar-refractivity contribution in [2.24, 2.45) is 11.3 Å². The van der Waals surface area contributed by atoms with Gasteiger partial charge in [-0.1, -0.05) is 20.8 Å². The molecule has 1 aliphatic carbocycles. The molecule has 1 aliphatic rings. The minimum absolute atomic E-state index is 0.0323. The smallest absolute Gasteiger partial charge is 0.306 e. The topological polar surface area (TPSA) is 38.3 Å². The van der Waals surface area contributed by atoms with E-state index in [4.69, 9.17) is 4.74 Å². The molecular weight excluding hydrogens is 214 g/mol. The van der Waals surface area contributed by atoms with E-state index in [1.165, 1.54) is 6.42 Å². The average Bonchev–Trinajstić information content (AvgIpc) is 2.14. The normalized spacial score (nSPS) is 27.8. The van der Waals surface area contributed by atoms with Crippen LogP contribution in [0.3, 0.4) is 0 Å². The van der Waals surface area contributed by atoms with E-state index in [0.29, 0.717) is 17.8 Å². The van der Waals surface area contributed by atoms with E-state index in [-0.39, 0.29) is 12.1 Å². The van der Waals surface area contributed by atoms with Crippen LogP contribution in [0.25, 0.3) is 0 Å². The molecular formula is C14H27NO2. The maximum absolute atomic E-state index is 11.7. The molecule has 1 fully saturated rings. The summed E-state index contributed by atoms with van der Waals surface area (Å²) in [5.41, 5.74) is 0.313. The molecule has 0 aromatic rings. The number of carbonyl (C=O) groups is 1. The number of rotatable bonds is 5. The molecule has 17 heavy (non-hydrogen) atoms. The molecule has 1 rings (SSSR count). The fourth-order valence-electron chi connectivity index (χ4n) is 3.00. The van der Waals surface area contributed by atoms with Crippen molar-refractivity contribution in [1.82, 2.24) is 5.32 Å². The Morgan fingerprint density at radius 3 is 2.71 bits per heavy atom. The van der Waals surface area contributed by atoms with E-state index in [9.17, 15) is 4.79 Å². The summed E-state index contributed by atoms with van der Waals surface area (Å²) in [6.07, 6.45) is 4.81. The molecule has 0 spiro atoms. The number of hydrogen-bond acceptors (Lipinski definition) is 3. The molecule has 0 aromatic heterocycles. The monoisotopic (exact) mass is 241 g/mol. The predicted octanol–water partition coefficient (Wildman–Crippen LogP) is 2.74. The highest BCUT2D eigenvalue weighted by Gasteiger charge is 2.33. The van der Waals surface area contributed by atoms with E-state index >= 15 is 0 Å². The van der Waals surface area contributed by atoms with E-state index in [2.05, 4.69) is 26.1 Å². The van der Waals surface area contributed by atoms with E-state index < -0.39 is 0 Å². The summed E-state index contributed by atoms with van der Waals surface area (Å²) >= 11 is 0. The van der Waals surface area contributed by atoms with Gasteiger partial charge in [0.15, 0.2) is 0 Å². The zero-order chi connectivity index (χ0) is 12.9. The summed E-state index contributed by atoms with van der Waals surface area (Å²) < 4.78 is 5.58. The highest BCUT2D eigenvalue weighted by atomic mass is 16.5. The Morgan fingerprint density at radius 1 is 1.41 bits per heavy atom. The van der Waals surface area contributed by atoms with Crippen molar-refractivity contribution in [2.45, 2.75) is 59.0 Å². The zero-order valence-corrected chi connectivity index (χ0v) is 11.7. The second-order valence-electron chi connectivity index (χ2n) is 6.23. The van der Waals surface area contributed by atoms with Gasteiger partial charge in [0.05, 0.1) is 0 Å². The molecule has 1 N–H and O–H groups in total. The maximum Gasteiger partial charge on any atom is 0.306 e. The summed E-state index contributed by atoms with van der Waals surface area (Å²) in [7, 11) is 1.90. The molecule has 1 saturated carbocycles. The van der Waals surface area contributed by atoms with E-state index in [1.54, 1.807) is 0 Å². The second-order valence-corrected chi connectivity index (χ2v) is 6.23. The molecule has 0 bridgehead atoms. The first kappa shape index (κ1) is 14.5. The van der Waals surface area contributed by atoms with Crippen LogP contribution < -0.4 is 5.32 Å². The lowest BCUT2D eigenvalue weighted by molar-refractivity contribution is -0.153. The Bertz CT molecular complexity index is 251. The van der Waals surface area contributed by atoms with Crippen molar-refractivity contribution in [3.63, 3.8) is 0 Å². The largest absolute Gasteiger partial charge is 0.462 e. The summed E-state index contributed by atoms with van der Waals surface area (Å²) in [4.78, 5) is 11.7. The Morgan fingerprint density at radius 2 is 2.12 bits per heavy atom. The van der Waals surface area contributed by atoms with E-state index in [0.717, 1.165) is 25.8 Å². The predicted molar refractivity (Wildman–Crippen MR) is 69.8 cm³/mol. The van der Waals surface area contributed by atoms with Crippen LogP contribution >= 0.6 is 0 Å². The first-order valence-electron chi connectivity index (χ1n) is 6.77. The van der Waals surface area contributed by atoms with Crippen LogP contribution in [0.4, 0.5) is 0 Å². The molecule has 0 heterocycles. The molecule has 100 valence electrons. The number of hydrogen-bond donors (Lipinski definition) is 1. The number of carbonyl (C=O) groups excluding carboxylic acids is 1. The highest BCUT2D eigenvalue weighted by molar-refractivity contribution is 5.69. The minimum Gasteiger partial charge on any atom is -0.462 e. The van der Waals surface area contributed by atoms with Crippen LogP contribution in [-0.4, -0.2) is 25.7 Å². The van der Waals surface area contributed by atoms with Crippen LogP contribution in [0.1, 0.15) is 52.9 Å². The van der Waals surface area contributed by atoms with Crippen molar-refractivity contribution >= 4 is 5.97 Å². The van der Waals surface area contributed by atoms with Crippen molar-refractivity contribution in [3.05, 3.63) is 0 Å². The molecule has 0 aromatic carbocycles. The fraction of sp³-hybridized carbons (Fsp3) is 0.929. The number of esters is 1. The lowest BCUT2D eigenvalue weighted by Gasteiger charge is -2.38. The number of ether oxygens (including phenoxy) is 1. The second kappa shape index (κ2) is 6.39. The molecule has 3 heteroatoms. The highest BCUT2D eigenvalue weighted by Crippen LogP contribution is 2.39. The van der Waals surface area contributed by atoms with Gasteiger partial charge >= 0.3 is 5.97 Å². The Hall–Kier alpha value is -0.570. The van der Waals surface area contributed by atoms with Gasteiger partial charge in [0.25, 0.3) is 0 Å². The molecule has 0 aliphatic heterocycles. The zero-order valence-electron chi connectivity index (χ0n) is 11.7. The van der Waals surface area contributed by atoms with Gasteiger partial charge in [0, 0.05) is 6.42 Å². The summed E-state index contributed by atoms with van der Waals surface area (Å²) in [6.45, 7) is 7.67. The Balaban J connectivity index is 2.32.